The van der Waals surface area contributed by atoms with Crippen molar-refractivity contribution in [2.45, 2.75) is 58.1 Å². The van der Waals surface area contributed by atoms with Crippen molar-refractivity contribution in [1.29, 1.82) is 0 Å². The van der Waals surface area contributed by atoms with Crippen LogP contribution in [0.25, 0.3) is 0 Å². The summed E-state index contributed by atoms with van der Waals surface area (Å²) in [5.74, 6) is 0.0510. The van der Waals surface area contributed by atoms with E-state index in [1.165, 1.54) is 17.7 Å². The lowest BCUT2D eigenvalue weighted by molar-refractivity contribution is -0.393. The minimum absolute atomic E-state index is 0.0444. The molecule has 1 fully saturated rings. The largest absolute Gasteiger partial charge is 0.379 e. The van der Waals surface area contributed by atoms with Gasteiger partial charge in [-0.15, -0.1) is 0 Å². The number of nitro groups is 2. The molecule has 1 saturated heterocycles. The summed E-state index contributed by atoms with van der Waals surface area (Å²) >= 11 is 6.17. The lowest BCUT2D eigenvalue weighted by Crippen LogP contribution is -2.42. The van der Waals surface area contributed by atoms with E-state index in [0.29, 0.717) is 103 Å². The van der Waals surface area contributed by atoms with E-state index in [9.17, 15) is 29.8 Å². The van der Waals surface area contributed by atoms with Crippen molar-refractivity contribution < 1.29 is 38.4 Å². The fraction of sp³-hybridized carbons (Fsp3) is 0.500. The van der Waals surface area contributed by atoms with Gasteiger partial charge in [0.25, 0.3) is 17.3 Å². The van der Waals surface area contributed by atoms with E-state index in [0.717, 1.165) is 41.9 Å². The van der Waals surface area contributed by atoms with Gasteiger partial charge >= 0.3 is 0 Å². The molecule has 1 heterocycles. The number of ether oxygens (including phenoxy) is 4. The Balaban J connectivity index is 0.955. The van der Waals surface area contributed by atoms with Crippen molar-refractivity contribution in [2.24, 2.45) is 0 Å². The number of morpholine rings is 1. The fourth-order valence-electron chi connectivity index (χ4n) is 6.07. The highest BCUT2D eigenvalue weighted by Crippen LogP contribution is 2.29. The summed E-state index contributed by atoms with van der Waals surface area (Å²) in [4.78, 5) is 48.3. The average Bonchev–Trinajstić information content (AvgIpc) is 3.19. The monoisotopic (exact) mass is 797 g/mol. The minimum atomic E-state index is -0.675. The van der Waals surface area contributed by atoms with Crippen LogP contribution in [-0.4, -0.2) is 105 Å². The smallest absolute Gasteiger partial charge is 0.299 e. The number of nitrogens with one attached hydrogen (secondary N) is 2. The normalized spacial score (nSPS) is 14.4. The van der Waals surface area contributed by atoms with Gasteiger partial charge in [-0.05, 0) is 73.6 Å². The van der Waals surface area contributed by atoms with Crippen molar-refractivity contribution in [3.05, 3.63) is 108 Å². The highest BCUT2D eigenvalue weighted by atomic mass is 35.5. The lowest BCUT2D eigenvalue weighted by Gasteiger charge is -2.33. The summed E-state index contributed by atoms with van der Waals surface area (Å²) in [6.45, 7) is 8.51. The molecule has 1 aliphatic heterocycles. The van der Waals surface area contributed by atoms with Gasteiger partial charge < -0.3 is 29.6 Å². The topological polar surface area (TPSA) is 185 Å². The molecule has 15 nitrogen and oxygen atoms in total. The molecule has 0 aliphatic carbocycles. The Morgan fingerprint density at radius 2 is 1.54 bits per heavy atom. The molecule has 0 radical (unpaired) electrons. The molecule has 0 spiro atoms. The predicted octanol–water partition coefficient (Wildman–Crippen LogP) is 6.32. The van der Waals surface area contributed by atoms with Gasteiger partial charge in [0.05, 0.1) is 55.1 Å². The summed E-state index contributed by atoms with van der Waals surface area (Å²) in [6.07, 6.45) is 3.55. The Bertz CT molecular complexity index is 1730. The van der Waals surface area contributed by atoms with E-state index in [1.54, 1.807) is 12.1 Å². The summed E-state index contributed by atoms with van der Waals surface area (Å²) in [6, 6.07) is 17.0. The molecule has 3 aromatic carbocycles. The zero-order valence-electron chi connectivity index (χ0n) is 31.9. The highest BCUT2D eigenvalue weighted by molar-refractivity contribution is 6.31. The quantitative estimate of drug-likeness (QED) is 0.0524. The molecule has 0 saturated carbocycles. The summed E-state index contributed by atoms with van der Waals surface area (Å²) in [5.41, 5.74) is 3.40. The fourth-order valence-corrected chi connectivity index (χ4v) is 6.18. The maximum Gasteiger partial charge on any atom is 0.299 e. The Morgan fingerprint density at radius 3 is 2.21 bits per heavy atom. The van der Waals surface area contributed by atoms with E-state index in [1.807, 2.05) is 25.1 Å². The zero-order valence-corrected chi connectivity index (χ0v) is 32.6. The summed E-state index contributed by atoms with van der Waals surface area (Å²) in [7, 11) is 0. The number of Topliss-reactive ketones (excluding diaryl/α,β-unsaturated/α-hetero) is 1. The first-order valence-corrected chi connectivity index (χ1v) is 19.3. The molecule has 4 rings (SSSR count). The first-order valence-electron chi connectivity index (χ1n) is 19.0. The van der Waals surface area contributed by atoms with Crippen LogP contribution in [0.15, 0.2) is 60.7 Å². The second-order valence-electron chi connectivity index (χ2n) is 13.5. The van der Waals surface area contributed by atoms with Crippen molar-refractivity contribution >= 4 is 40.4 Å². The van der Waals surface area contributed by atoms with E-state index in [4.69, 9.17) is 30.5 Å². The average molecular weight is 798 g/mol. The molecule has 0 aromatic heterocycles. The third-order valence-electron chi connectivity index (χ3n) is 9.17. The number of rotatable bonds is 26. The van der Waals surface area contributed by atoms with Crippen LogP contribution >= 0.6 is 11.6 Å². The molecule has 1 aliphatic rings. The van der Waals surface area contributed by atoms with Crippen LogP contribution in [0.4, 0.5) is 17.1 Å². The molecule has 0 bridgehead atoms. The number of non-ortho nitro benzene ring substituents is 1. The number of halogens is 1. The van der Waals surface area contributed by atoms with E-state index in [2.05, 4.69) is 27.7 Å². The number of benzene rings is 3. The number of nitro benzene ring substituents is 2. The summed E-state index contributed by atoms with van der Waals surface area (Å²) < 4.78 is 22.5. The Kier molecular flexibility index (Phi) is 19.1. The van der Waals surface area contributed by atoms with Crippen molar-refractivity contribution in [3.8, 4) is 0 Å². The molecule has 2 N–H and O–H groups in total. The number of carbonyl (C=O) groups is 2. The number of hydrogen-bond donors (Lipinski definition) is 2. The van der Waals surface area contributed by atoms with E-state index >= 15 is 0 Å². The van der Waals surface area contributed by atoms with Gasteiger partial charge in [0.1, 0.15) is 11.5 Å². The third kappa shape index (κ3) is 15.9. The summed E-state index contributed by atoms with van der Waals surface area (Å²) in [5, 5.41) is 28.6. The molecule has 3 aromatic rings. The van der Waals surface area contributed by atoms with Gasteiger partial charge in [0, 0.05) is 75.4 Å². The van der Waals surface area contributed by atoms with Crippen LogP contribution in [0, 0.1) is 27.2 Å². The van der Waals surface area contributed by atoms with Gasteiger partial charge in [-0.2, -0.15) is 0 Å². The number of nitrogens with zero attached hydrogens (tertiary/aromatic N) is 3. The number of hydrogen-bond acceptors (Lipinski definition) is 12. The standard InChI is InChI=1S/C40H52ClN5O10/c1-30-26-32(7-14-37(30)41)28-44-18-21-56-36(29-44)13-12-35(47)11-6-31-4-8-33(9-5-31)40(48)43-17-3-20-54-23-25-55-24-22-53-19-2-16-42-38-15-10-34(45(49)50)27-39(38)46(51)52/h4-5,7-10,14-15,26-27,36,42H,2-3,6,11-13,16-25,28-29H2,1H3,(H,43,48)/t36-/m1/s1. The number of carbonyl (C=O) groups excluding carboxylic acids is 2. The lowest BCUT2D eigenvalue weighted by atomic mass is 10.0. The second kappa shape index (κ2) is 24.2. The molecule has 0 unspecified atom stereocenters. The molecule has 56 heavy (non-hydrogen) atoms. The van der Waals surface area contributed by atoms with Crippen molar-refractivity contribution in [2.75, 3.05) is 77.7 Å². The first kappa shape index (κ1) is 44.2. The molecule has 304 valence electrons. The van der Waals surface area contributed by atoms with Gasteiger partial charge in [-0.25, -0.2) is 0 Å². The van der Waals surface area contributed by atoms with Crippen LogP contribution < -0.4 is 10.6 Å². The van der Waals surface area contributed by atoms with Gasteiger partial charge in [0.2, 0.25) is 0 Å². The Morgan fingerprint density at radius 1 is 0.857 bits per heavy atom. The predicted molar refractivity (Wildman–Crippen MR) is 212 cm³/mol. The van der Waals surface area contributed by atoms with Crippen molar-refractivity contribution in [3.63, 3.8) is 0 Å². The van der Waals surface area contributed by atoms with Crippen molar-refractivity contribution in [1.82, 2.24) is 10.2 Å². The molecular formula is C40H52ClN5O10. The Hall–Kier alpha value is -4.51. The SMILES string of the molecule is Cc1cc(CN2CCO[C@H](CCC(=O)CCc3ccc(C(=O)NCCCOCCOCCOCCCNc4ccc([N+](=O)[O-])cc4[N+](=O)[O-])cc3)C2)ccc1Cl. The zero-order chi connectivity index (χ0) is 40.1. The van der Waals surface area contributed by atoms with E-state index in [-0.39, 0.29) is 34.9 Å². The number of anilines is 1. The molecule has 1 atom stereocenters. The minimum Gasteiger partial charge on any atom is -0.379 e. The van der Waals surface area contributed by atoms with Crippen LogP contribution in [0.5, 0.6) is 0 Å². The molecule has 16 heteroatoms. The van der Waals surface area contributed by atoms with Crippen LogP contribution in [0.3, 0.4) is 0 Å². The maximum atomic E-state index is 12.7. The maximum absolute atomic E-state index is 12.7. The van der Waals surface area contributed by atoms with E-state index < -0.39 is 9.85 Å². The number of ketones is 1. The Labute approximate surface area is 332 Å². The molecule has 1 amide bonds. The van der Waals surface area contributed by atoms with Crippen LogP contribution in [0.2, 0.25) is 5.02 Å². The third-order valence-corrected chi connectivity index (χ3v) is 9.59. The molecular weight excluding hydrogens is 746 g/mol. The highest BCUT2D eigenvalue weighted by Gasteiger charge is 2.22. The van der Waals surface area contributed by atoms with Crippen LogP contribution in [-0.2, 0) is 36.7 Å². The van der Waals surface area contributed by atoms with Gasteiger partial charge in [-0.1, -0.05) is 35.9 Å². The number of amides is 1. The van der Waals surface area contributed by atoms with Gasteiger partial charge in [0.15, 0.2) is 0 Å². The second-order valence-corrected chi connectivity index (χ2v) is 13.9. The van der Waals surface area contributed by atoms with Crippen LogP contribution in [0.1, 0.15) is 59.2 Å². The number of aryl methyl sites for hydroxylation is 2. The first-order chi connectivity index (χ1) is 27.1. The van der Waals surface area contributed by atoms with Gasteiger partial charge in [-0.3, -0.25) is 34.7 Å².